The van der Waals surface area contributed by atoms with Crippen molar-refractivity contribution in [1.82, 2.24) is 0 Å². The van der Waals surface area contributed by atoms with Gasteiger partial charge in [-0.15, -0.1) is 0 Å². The number of benzene rings is 6. The fourth-order valence-electron chi connectivity index (χ4n) is 5.63. The fraction of sp³-hybridized carbons (Fsp3) is 0.133. The van der Waals surface area contributed by atoms with E-state index in [0.29, 0.717) is 50.9 Å². The van der Waals surface area contributed by atoms with Crippen LogP contribution >= 0.6 is 0 Å². The van der Waals surface area contributed by atoms with Crippen molar-refractivity contribution < 1.29 is 44.2 Å². The Bertz CT molecular complexity index is 2620. The van der Waals surface area contributed by atoms with E-state index in [2.05, 4.69) is 5.32 Å². The quantitative estimate of drug-likeness (QED) is 0.0833. The summed E-state index contributed by atoms with van der Waals surface area (Å²) in [5, 5.41) is 7.16. The van der Waals surface area contributed by atoms with Crippen LogP contribution in [-0.2, 0) is 41.8 Å². The van der Waals surface area contributed by atoms with Gasteiger partial charge in [-0.05, 0) is 120 Å². The van der Waals surface area contributed by atoms with E-state index in [1.807, 2.05) is 48.5 Å². The van der Waals surface area contributed by atoms with Crippen LogP contribution in [0.5, 0.6) is 23.0 Å². The molecule has 0 saturated heterocycles. The Hall–Kier alpha value is -6.25. The van der Waals surface area contributed by atoms with Gasteiger partial charge in [0.15, 0.2) is 0 Å². The van der Waals surface area contributed by atoms with E-state index in [9.17, 15) is 21.6 Å². The van der Waals surface area contributed by atoms with Crippen LogP contribution < -0.4 is 19.5 Å². The standard InChI is InChI=1S/C45H41NO10S2/c1-3-54-57(48,49)27-25-33-10-18-40(19-11-33)52-31-35-9-14-38(32-53-41-20-12-34(13-21-41)26-28-58(50,51)55-4-2)44(29-35)45(47)46-39-16-23-42(24-17-39)56-43-22-15-36-7-5-6-8-37(36)30-43/h5-30H,3-4,31-32H2,1-2H3,(H,46,47)/b27-25+,28-26+. The van der Waals surface area contributed by atoms with E-state index in [1.54, 1.807) is 98.8 Å². The number of rotatable bonds is 18. The zero-order chi connectivity index (χ0) is 41.0. The summed E-state index contributed by atoms with van der Waals surface area (Å²) in [5.74, 6) is 2.00. The predicted molar refractivity (Wildman–Crippen MR) is 226 cm³/mol. The highest BCUT2D eigenvalue weighted by atomic mass is 32.2. The normalized spacial score (nSPS) is 11.9. The number of ether oxygens (including phenoxy) is 3. The highest BCUT2D eigenvalue weighted by Crippen LogP contribution is 2.28. The zero-order valence-corrected chi connectivity index (χ0v) is 33.4. The Balaban J connectivity index is 1.15. The van der Waals surface area contributed by atoms with Crippen LogP contribution in [0.1, 0.15) is 46.5 Å². The van der Waals surface area contributed by atoms with Crippen molar-refractivity contribution in [2.24, 2.45) is 0 Å². The van der Waals surface area contributed by atoms with E-state index in [1.165, 1.54) is 12.2 Å². The van der Waals surface area contributed by atoms with Crippen molar-refractivity contribution in [2.45, 2.75) is 27.1 Å². The van der Waals surface area contributed by atoms with Gasteiger partial charge < -0.3 is 19.5 Å². The van der Waals surface area contributed by atoms with Crippen molar-refractivity contribution in [2.75, 3.05) is 18.5 Å². The Morgan fingerprint density at radius 1 is 0.569 bits per heavy atom. The van der Waals surface area contributed by atoms with E-state index >= 15 is 0 Å². The molecule has 6 rings (SSSR count). The second kappa shape index (κ2) is 19.3. The molecule has 0 bridgehead atoms. The number of carbonyl (C=O) groups excluding carboxylic acids is 1. The molecule has 11 nitrogen and oxygen atoms in total. The van der Waals surface area contributed by atoms with Crippen molar-refractivity contribution in [1.29, 1.82) is 0 Å². The zero-order valence-electron chi connectivity index (χ0n) is 31.7. The molecule has 1 amide bonds. The van der Waals surface area contributed by atoms with Crippen LogP contribution in [-0.4, -0.2) is 36.0 Å². The molecule has 0 heterocycles. The van der Waals surface area contributed by atoms with Crippen molar-refractivity contribution in [3.63, 3.8) is 0 Å². The molecular weight excluding hydrogens is 779 g/mol. The van der Waals surface area contributed by atoms with Crippen molar-refractivity contribution in [3.05, 3.63) is 172 Å². The molecule has 0 unspecified atom stereocenters. The second-order valence-corrected chi connectivity index (χ2v) is 15.7. The number of fused-ring (bicyclic) bond motifs is 1. The summed E-state index contributed by atoms with van der Waals surface area (Å²) < 4.78 is 75.0. The van der Waals surface area contributed by atoms with Gasteiger partial charge in [-0.2, -0.15) is 16.8 Å². The van der Waals surface area contributed by atoms with Gasteiger partial charge in [0.2, 0.25) is 0 Å². The van der Waals surface area contributed by atoms with E-state index < -0.39 is 20.2 Å². The minimum atomic E-state index is -3.77. The van der Waals surface area contributed by atoms with Crippen LogP contribution in [0, 0.1) is 0 Å². The summed E-state index contributed by atoms with van der Waals surface area (Å²) in [6, 6.07) is 40.1. The van der Waals surface area contributed by atoms with Gasteiger partial charge in [0, 0.05) is 16.8 Å². The molecular formula is C45H41NO10S2. The van der Waals surface area contributed by atoms with Gasteiger partial charge in [0.25, 0.3) is 26.1 Å². The maximum atomic E-state index is 13.9. The molecule has 0 fully saturated rings. The minimum Gasteiger partial charge on any atom is -0.489 e. The van der Waals surface area contributed by atoms with Gasteiger partial charge in [0.1, 0.15) is 36.2 Å². The third-order valence-electron chi connectivity index (χ3n) is 8.47. The molecule has 0 aromatic heterocycles. The summed E-state index contributed by atoms with van der Waals surface area (Å²) >= 11 is 0. The molecule has 6 aromatic carbocycles. The lowest BCUT2D eigenvalue weighted by atomic mass is 10.0. The smallest absolute Gasteiger partial charge is 0.290 e. The highest BCUT2D eigenvalue weighted by Gasteiger charge is 2.15. The maximum absolute atomic E-state index is 13.9. The van der Waals surface area contributed by atoms with E-state index in [4.69, 9.17) is 22.6 Å². The van der Waals surface area contributed by atoms with Crippen LogP contribution in [0.3, 0.4) is 0 Å². The molecule has 6 aromatic rings. The van der Waals surface area contributed by atoms with Crippen LogP contribution in [0.2, 0.25) is 0 Å². The second-order valence-electron chi connectivity index (χ2n) is 12.7. The molecule has 13 heteroatoms. The van der Waals surface area contributed by atoms with Crippen LogP contribution in [0.15, 0.2) is 144 Å². The van der Waals surface area contributed by atoms with Crippen LogP contribution in [0.25, 0.3) is 22.9 Å². The molecule has 0 radical (unpaired) electrons. The number of hydrogen-bond acceptors (Lipinski definition) is 10. The molecule has 0 saturated carbocycles. The van der Waals surface area contributed by atoms with E-state index in [0.717, 1.165) is 27.2 Å². The maximum Gasteiger partial charge on any atom is 0.290 e. The molecule has 0 spiro atoms. The molecule has 1 N–H and O–H groups in total. The molecule has 0 aliphatic carbocycles. The summed E-state index contributed by atoms with van der Waals surface area (Å²) in [5.41, 5.74) is 3.54. The molecule has 0 aliphatic rings. The lowest BCUT2D eigenvalue weighted by Gasteiger charge is -2.15. The largest absolute Gasteiger partial charge is 0.489 e. The Labute approximate surface area is 338 Å². The Morgan fingerprint density at radius 3 is 1.69 bits per heavy atom. The predicted octanol–water partition coefficient (Wildman–Crippen LogP) is 9.72. The fourth-order valence-corrected chi connectivity index (χ4v) is 7.09. The minimum absolute atomic E-state index is 0.0423. The molecule has 58 heavy (non-hydrogen) atoms. The van der Waals surface area contributed by atoms with E-state index in [-0.39, 0.29) is 32.3 Å². The SMILES string of the molecule is CCOS(=O)(=O)/C=C/c1ccc(OCc2ccc(COc3ccc(/C=C/S(=O)(=O)OCC)cc3)c(C(=O)Nc3ccc(Oc4ccc5ccccc5c4)cc3)c2)cc1. The average molecular weight is 820 g/mol. The first-order valence-electron chi connectivity index (χ1n) is 18.3. The van der Waals surface area contributed by atoms with Gasteiger partial charge in [-0.25, -0.2) is 0 Å². The monoisotopic (exact) mass is 819 g/mol. The van der Waals surface area contributed by atoms with Gasteiger partial charge in [-0.1, -0.05) is 66.7 Å². The van der Waals surface area contributed by atoms with Crippen molar-refractivity contribution in [3.8, 4) is 23.0 Å². The first-order chi connectivity index (χ1) is 28.0. The van der Waals surface area contributed by atoms with Gasteiger partial charge >= 0.3 is 0 Å². The number of nitrogens with one attached hydrogen (secondary N) is 1. The number of hydrogen-bond donors (Lipinski definition) is 1. The molecule has 0 aliphatic heterocycles. The average Bonchev–Trinajstić information content (AvgIpc) is 3.22. The summed E-state index contributed by atoms with van der Waals surface area (Å²) in [6.45, 7) is 3.49. The first-order valence-corrected chi connectivity index (χ1v) is 21.2. The number of carbonyl (C=O) groups is 1. The summed E-state index contributed by atoms with van der Waals surface area (Å²) in [6.07, 6.45) is 2.87. The van der Waals surface area contributed by atoms with Gasteiger partial charge in [-0.3, -0.25) is 13.2 Å². The number of anilines is 1. The highest BCUT2D eigenvalue weighted by molar-refractivity contribution is 7.90. The van der Waals surface area contributed by atoms with Crippen LogP contribution in [0.4, 0.5) is 5.69 Å². The molecule has 0 atom stereocenters. The lowest BCUT2D eigenvalue weighted by Crippen LogP contribution is -2.16. The Morgan fingerprint density at radius 2 is 1.10 bits per heavy atom. The summed E-state index contributed by atoms with van der Waals surface area (Å²) in [7, 11) is -7.52. The third kappa shape index (κ3) is 12.1. The van der Waals surface area contributed by atoms with Gasteiger partial charge in [0.05, 0.1) is 24.0 Å². The lowest BCUT2D eigenvalue weighted by molar-refractivity contribution is 0.102. The summed E-state index contributed by atoms with van der Waals surface area (Å²) in [4.78, 5) is 13.9. The topological polar surface area (TPSA) is 144 Å². The van der Waals surface area contributed by atoms with Crippen molar-refractivity contribution >= 4 is 54.8 Å². The number of amides is 1. The molecule has 298 valence electrons. The Kier molecular flexibility index (Phi) is 13.7. The first kappa shape index (κ1) is 41.4. The third-order valence-corrected chi connectivity index (χ3v) is 10.5.